The summed E-state index contributed by atoms with van der Waals surface area (Å²) in [6.45, 7) is 12.9. The molecule has 0 aromatic rings. The van der Waals surface area contributed by atoms with Gasteiger partial charge in [0.1, 0.15) is 5.60 Å². The predicted octanol–water partition coefficient (Wildman–Crippen LogP) is 3.24. The minimum atomic E-state index is -0.764. The maximum absolute atomic E-state index is 11.4. The highest BCUT2D eigenvalue weighted by Crippen LogP contribution is 2.23. The summed E-state index contributed by atoms with van der Waals surface area (Å²) in [5, 5.41) is 9.86. The molecule has 0 aromatic heterocycles. The Morgan fingerprint density at radius 3 is 2.11 bits per heavy atom. The van der Waals surface area contributed by atoms with Crippen molar-refractivity contribution in [2.75, 3.05) is 0 Å². The van der Waals surface area contributed by atoms with Gasteiger partial charge in [-0.15, -0.1) is 0 Å². The van der Waals surface area contributed by atoms with Gasteiger partial charge in [0.25, 0.3) is 0 Å². The normalized spacial score (nSPS) is 15.9. The van der Waals surface area contributed by atoms with Crippen LogP contribution in [0, 0.1) is 5.92 Å². The Labute approximate surface area is 111 Å². The second-order valence-electron chi connectivity index (χ2n) is 6.18. The van der Waals surface area contributed by atoms with Crippen molar-refractivity contribution in [2.45, 2.75) is 59.7 Å². The molecule has 0 heterocycles. The molecule has 3 nitrogen and oxygen atoms in total. The monoisotopic (exact) mass is 254 g/mol. The van der Waals surface area contributed by atoms with Gasteiger partial charge in [-0.3, -0.25) is 0 Å². The van der Waals surface area contributed by atoms with Crippen molar-refractivity contribution >= 4 is 5.97 Å². The number of rotatable bonds is 4. The molecule has 1 atom stereocenters. The second kappa shape index (κ2) is 6.19. The number of carbonyl (C=O) groups excluding carboxylic acids is 1. The Bertz CT molecular complexity index is 338. The predicted molar refractivity (Wildman–Crippen MR) is 74.2 cm³/mol. The number of hydrogen-bond acceptors (Lipinski definition) is 3. The van der Waals surface area contributed by atoms with Crippen LogP contribution in [0.2, 0.25) is 0 Å². The molecule has 0 aliphatic carbocycles. The molecule has 0 radical (unpaired) electrons. The summed E-state index contributed by atoms with van der Waals surface area (Å²) >= 11 is 0. The summed E-state index contributed by atoms with van der Waals surface area (Å²) in [6, 6.07) is 0. The lowest BCUT2D eigenvalue weighted by atomic mass is 9.87. The molecule has 1 unspecified atom stereocenters. The van der Waals surface area contributed by atoms with Crippen LogP contribution in [-0.4, -0.2) is 22.3 Å². The van der Waals surface area contributed by atoms with E-state index < -0.39 is 11.2 Å². The highest BCUT2D eigenvalue weighted by atomic mass is 16.6. The van der Waals surface area contributed by atoms with E-state index in [-0.39, 0.29) is 11.9 Å². The average Bonchev–Trinajstić information content (AvgIpc) is 2.11. The molecule has 18 heavy (non-hydrogen) atoms. The van der Waals surface area contributed by atoms with Gasteiger partial charge in [0, 0.05) is 12.0 Å². The van der Waals surface area contributed by atoms with Crippen molar-refractivity contribution < 1.29 is 14.6 Å². The van der Waals surface area contributed by atoms with E-state index >= 15 is 0 Å². The Balaban J connectivity index is 4.51. The number of hydrogen-bond donors (Lipinski definition) is 1. The maximum Gasteiger partial charge on any atom is 0.331 e. The molecule has 0 spiro atoms. The van der Waals surface area contributed by atoms with Crippen molar-refractivity contribution in [2.24, 2.45) is 5.92 Å². The van der Waals surface area contributed by atoms with Crippen molar-refractivity contribution in [3.63, 3.8) is 0 Å². The van der Waals surface area contributed by atoms with Gasteiger partial charge < -0.3 is 9.84 Å². The maximum atomic E-state index is 11.4. The first kappa shape index (κ1) is 16.9. The molecule has 0 rings (SSSR count). The molecule has 0 bridgehead atoms. The van der Waals surface area contributed by atoms with E-state index in [0.29, 0.717) is 0 Å². The van der Waals surface area contributed by atoms with Gasteiger partial charge in [-0.05, 0) is 41.5 Å². The zero-order valence-electron chi connectivity index (χ0n) is 12.6. The average molecular weight is 254 g/mol. The van der Waals surface area contributed by atoms with Crippen LogP contribution in [0.4, 0.5) is 0 Å². The van der Waals surface area contributed by atoms with E-state index in [1.807, 2.05) is 40.7 Å². The topological polar surface area (TPSA) is 46.5 Å². The van der Waals surface area contributed by atoms with Crippen LogP contribution in [0.15, 0.2) is 23.8 Å². The highest BCUT2D eigenvalue weighted by Gasteiger charge is 2.23. The molecular weight excluding hydrogens is 228 g/mol. The van der Waals surface area contributed by atoms with E-state index in [2.05, 4.69) is 0 Å². The van der Waals surface area contributed by atoms with Gasteiger partial charge in [-0.1, -0.05) is 24.6 Å². The zero-order valence-corrected chi connectivity index (χ0v) is 12.6. The van der Waals surface area contributed by atoms with E-state index in [1.54, 1.807) is 19.9 Å². The smallest absolute Gasteiger partial charge is 0.331 e. The first-order valence-corrected chi connectivity index (χ1v) is 6.23. The molecule has 0 amide bonds. The molecular formula is C15H26O3. The van der Waals surface area contributed by atoms with Gasteiger partial charge in [0.15, 0.2) is 0 Å². The van der Waals surface area contributed by atoms with Crippen LogP contribution < -0.4 is 0 Å². The van der Waals surface area contributed by atoms with Gasteiger partial charge in [-0.25, -0.2) is 4.79 Å². The summed E-state index contributed by atoms with van der Waals surface area (Å²) in [5.74, 6) is -0.330. The van der Waals surface area contributed by atoms with Crippen molar-refractivity contribution in [3.05, 3.63) is 23.8 Å². The van der Waals surface area contributed by atoms with E-state index in [9.17, 15) is 9.90 Å². The Morgan fingerprint density at radius 1 is 1.22 bits per heavy atom. The fraction of sp³-hybridized carbons (Fsp3) is 0.667. The summed E-state index contributed by atoms with van der Waals surface area (Å²) in [4.78, 5) is 11.4. The molecule has 0 aliphatic heterocycles. The lowest BCUT2D eigenvalue weighted by Gasteiger charge is -2.26. The third-order valence-corrected chi connectivity index (χ3v) is 2.74. The molecule has 104 valence electrons. The van der Waals surface area contributed by atoms with Crippen LogP contribution in [0.3, 0.4) is 0 Å². The number of allylic oxidation sites excluding steroid dienone is 2. The first-order chi connectivity index (χ1) is 7.93. The Hall–Kier alpha value is -1.09. The van der Waals surface area contributed by atoms with Gasteiger partial charge in [-0.2, -0.15) is 0 Å². The first-order valence-electron chi connectivity index (χ1n) is 6.23. The SMILES string of the molecule is C/C(=C/C=C/C(=O)OC(C)(C)C)C(C)C(C)(C)O. The fourth-order valence-corrected chi connectivity index (χ4v) is 1.32. The summed E-state index contributed by atoms with van der Waals surface area (Å²) < 4.78 is 5.14. The third kappa shape index (κ3) is 7.28. The molecule has 1 N–H and O–H groups in total. The lowest BCUT2D eigenvalue weighted by Crippen LogP contribution is -2.29. The van der Waals surface area contributed by atoms with Crippen molar-refractivity contribution in [3.8, 4) is 0 Å². The molecule has 0 fully saturated rings. The highest BCUT2D eigenvalue weighted by molar-refractivity contribution is 5.82. The molecule has 3 heteroatoms. The lowest BCUT2D eigenvalue weighted by molar-refractivity contribution is -0.148. The second-order valence-corrected chi connectivity index (χ2v) is 6.18. The zero-order chi connectivity index (χ0) is 14.6. The minimum absolute atomic E-state index is 0.0285. The van der Waals surface area contributed by atoms with Gasteiger partial charge in [0.2, 0.25) is 0 Å². The van der Waals surface area contributed by atoms with Crippen LogP contribution in [0.5, 0.6) is 0 Å². The Kier molecular flexibility index (Phi) is 5.81. The summed E-state index contributed by atoms with van der Waals surface area (Å²) in [5.41, 5.74) is -0.219. The third-order valence-electron chi connectivity index (χ3n) is 2.74. The van der Waals surface area contributed by atoms with Crippen LogP contribution in [0.1, 0.15) is 48.5 Å². The van der Waals surface area contributed by atoms with Crippen LogP contribution in [0.25, 0.3) is 0 Å². The summed E-state index contributed by atoms with van der Waals surface area (Å²) in [6.07, 6.45) is 4.88. The molecule has 0 saturated carbocycles. The van der Waals surface area contributed by atoms with E-state index in [1.165, 1.54) is 6.08 Å². The Morgan fingerprint density at radius 2 is 1.72 bits per heavy atom. The standard InChI is InChI=1S/C15H26O3/c1-11(12(2)15(6,7)17)9-8-10-13(16)18-14(3,4)5/h8-10,12,17H,1-7H3/b10-8+,11-9-. The van der Waals surface area contributed by atoms with Crippen molar-refractivity contribution in [1.29, 1.82) is 0 Å². The molecule has 0 aliphatic rings. The fourth-order valence-electron chi connectivity index (χ4n) is 1.32. The van der Waals surface area contributed by atoms with Crippen molar-refractivity contribution in [1.82, 2.24) is 0 Å². The van der Waals surface area contributed by atoms with Crippen LogP contribution >= 0.6 is 0 Å². The van der Waals surface area contributed by atoms with Gasteiger partial charge in [0.05, 0.1) is 5.60 Å². The van der Waals surface area contributed by atoms with E-state index in [0.717, 1.165) is 5.57 Å². The van der Waals surface area contributed by atoms with E-state index in [4.69, 9.17) is 4.74 Å². The largest absolute Gasteiger partial charge is 0.457 e. The molecule has 0 saturated heterocycles. The van der Waals surface area contributed by atoms with Gasteiger partial charge >= 0.3 is 5.97 Å². The number of esters is 1. The number of ether oxygens (including phenoxy) is 1. The van der Waals surface area contributed by atoms with Crippen LogP contribution in [-0.2, 0) is 9.53 Å². The number of aliphatic hydroxyl groups is 1. The number of carbonyl (C=O) groups is 1. The molecule has 0 aromatic carbocycles. The summed E-state index contributed by atoms with van der Waals surface area (Å²) in [7, 11) is 0. The quantitative estimate of drug-likeness (QED) is 0.476. The minimum Gasteiger partial charge on any atom is -0.457 e.